The first-order chi connectivity index (χ1) is 14.0. The Morgan fingerprint density at radius 3 is 2.10 bits per heavy atom. The van der Waals surface area contributed by atoms with Gasteiger partial charge in [-0.15, -0.1) is 0 Å². The standard InChI is InChI=1S/C24H23NO4/c1-14-2-4-15(5-3-14)20(26)13-29-19-10-8-18(9-11-19)25-23(27)21-16-6-7-17(12-16)22(21)24(25)28/h2-5,8-11,16-17,21-22H,6-7,12-13H2,1H3/t16-,17-,21-,22+/m0/s1. The number of rotatable bonds is 5. The summed E-state index contributed by atoms with van der Waals surface area (Å²) < 4.78 is 5.60. The van der Waals surface area contributed by atoms with Gasteiger partial charge in [0.05, 0.1) is 17.5 Å². The Kier molecular flexibility index (Phi) is 4.26. The molecule has 1 aliphatic heterocycles. The molecule has 3 aliphatic rings. The zero-order chi connectivity index (χ0) is 20.1. The highest BCUT2D eigenvalue weighted by atomic mass is 16.5. The number of anilines is 1. The van der Waals surface area contributed by atoms with Crippen molar-refractivity contribution in [1.29, 1.82) is 0 Å². The van der Waals surface area contributed by atoms with Gasteiger partial charge in [0.1, 0.15) is 5.75 Å². The zero-order valence-electron chi connectivity index (χ0n) is 16.3. The third-order valence-corrected chi connectivity index (χ3v) is 6.77. The average molecular weight is 389 g/mol. The number of Topliss-reactive ketones (excluding diaryl/α,β-unsaturated/α-hetero) is 1. The number of nitrogens with zero attached hydrogens (tertiary/aromatic N) is 1. The summed E-state index contributed by atoms with van der Waals surface area (Å²) in [5, 5.41) is 0. The lowest BCUT2D eigenvalue weighted by molar-refractivity contribution is -0.123. The quantitative estimate of drug-likeness (QED) is 0.577. The normalized spacial score (nSPS) is 27.4. The van der Waals surface area contributed by atoms with E-state index in [2.05, 4.69) is 0 Å². The van der Waals surface area contributed by atoms with Crippen molar-refractivity contribution in [3.8, 4) is 5.75 Å². The minimum atomic E-state index is -0.121. The predicted molar refractivity (Wildman–Crippen MR) is 108 cm³/mol. The number of carbonyl (C=O) groups excluding carboxylic acids is 3. The fraction of sp³-hybridized carbons (Fsp3) is 0.375. The monoisotopic (exact) mass is 389 g/mol. The maximum absolute atomic E-state index is 12.9. The van der Waals surface area contributed by atoms with Gasteiger partial charge in [0, 0.05) is 5.56 Å². The number of carbonyl (C=O) groups is 3. The first-order valence-corrected chi connectivity index (χ1v) is 10.2. The maximum atomic E-state index is 12.9. The van der Waals surface area contributed by atoms with Gasteiger partial charge in [-0.1, -0.05) is 29.8 Å². The Morgan fingerprint density at radius 1 is 0.931 bits per heavy atom. The average Bonchev–Trinajstić information content (AvgIpc) is 3.41. The summed E-state index contributed by atoms with van der Waals surface area (Å²) in [6.07, 6.45) is 3.17. The van der Waals surface area contributed by atoms with Crippen LogP contribution in [0.2, 0.25) is 0 Å². The highest BCUT2D eigenvalue weighted by Crippen LogP contribution is 2.56. The van der Waals surface area contributed by atoms with Crippen LogP contribution in [0.1, 0.15) is 35.2 Å². The van der Waals surface area contributed by atoms with E-state index >= 15 is 0 Å². The number of benzene rings is 2. The van der Waals surface area contributed by atoms with Crippen molar-refractivity contribution in [2.75, 3.05) is 11.5 Å². The number of amides is 2. The van der Waals surface area contributed by atoms with Crippen LogP contribution in [0.5, 0.6) is 5.75 Å². The molecule has 2 aliphatic carbocycles. The summed E-state index contributed by atoms with van der Waals surface area (Å²) >= 11 is 0. The summed E-state index contributed by atoms with van der Waals surface area (Å²) in [7, 11) is 0. The molecule has 5 nitrogen and oxygen atoms in total. The molecule has 1 heterocycles. The van der Waals surface area contributed by atoms with E-state index < -0.39 is 0 Å². The van der Waals surface area contributed by atoms with E-state index in [9.17, 15) is 14.4 Å². The van der Waals surface area contributed by atoms with Crippen molar-refractivity contribution in [2.45, 2.75) is 26.2 Å². The van der Waals surface area contributed by atoms with Gasteiger partial charge in [0.15, 0.2) is 12.4 Å². The van der Waals surface area contributed by atoms with Crippen LogP contribution >= 0.6 is 0 Å². The summed E-state index contributed by atoms with van der Waals surface area (Å²) in [6.45, 7) is 1.91. The molecule has 2 aromatic rings. The van der Waals surface area contributed by atoms with Crippen LogP contribution in [0.3, 0.4) is 0 Å². The number of fused-ring (bicyclic) bond motifs is 5. The Bertz CT molecular complexity index is 951. The number of hydrogen-bond acceptors (Lipinski definition) is 4. The van der Waals surface area contributed by atoms with Gasteiger partial charge in [-0.2, -0.15) is 0 Å². The molecular formula is C24H23NO4. The van der Waals surface area contributed by atoms with Gasteiger partial charge in [0.25, 0.3) is 0 Å². The zero-order valence-corrected chi connectivity index (χ0v) is 16.3. The number of ketones is 1. The van der Waals surface area contributed by atoms with Crippen molar-refractivity contribution in [3.05, 3.63) is 59.7 Å². The highest BCUT2D eigenvalue weighted by Gasteiger charge is 2.61. The molecule has 0 N–H and O–H groups in total. The Balaban J connectivity index is 1.26. The first kappa shape index (κ1) is 18.1. The molecular weight excluding hydrogens is 366 g/mol. The van der Waals surface area contributed by atoms with Crippen molar-refractivity contribution < 1.29 is 19.1 Å². The minimum Gasteiger partial charge on any atom is -0.485 e. The third kappa shape index (κ3) is 2.96. The van der Waals surface area contributed by atoms with E-state index in [0.717, 1.165) is 24.8 Å². The van der Waals surface area contributed by atoms with Crippen LogP contribution in [-0.2, 0) is 9.59 Å². The molecule has 0 unspecified atom stereocenters. The number of hydrogen-bond donors (Lipinski definition) is 0. The second-order valence-corrected chi connectivity index (χ2v) is 8.47. The molecule has 0 spiro atoms. The molecule has 5 rings (SSSR count). The Labute approximate surface area is 169 Å². The highest BCUT2D eigenvalue weighted by molar-refractivity contribution is 6.22. The minimum absolute atomic E-state index is 0.0459. The molecule has 2 saturated carbocycles. The van der Waals surface area contributed by atoms with Crippen molar-refractivity contribution in [1.82, 2.24) is 0 Å². The molecule has 5 heteroatoms. The van der Waals surface area contributed by atoms with Crippen molar-refractivity contribution in [2.24, 2.45) is 23.7 Å². The van der Waals surface area contributed by atoms with Gasteiger partial charge in [0.2, 0.25) is 11.8 Å². The van der Waals surface area contributed by atoms with E-state index in [1.54, 1.807) is 36.4 Å². The summed E-state index contributed by atoms with van der Waals surface area (Å²) in [4.78, 5) is 39.4. The van der Waals surface area contributed by atoms with E-state index in [4.69, 9.17) is 4.74 Å². The lowest BCUT2D eigenvalue weighted by atomic mass is 9.81. The molecule has 0 radical (unpaired) electrons. The van der Waals surface area contributed by atoms with Crippen LogP contribution in [0.15, 0.2) is 48.5 Å². The van der Waals surface area contributed by atoms with Crippen LogP contribution < -0.4 is 9.64 Å². The van der Waals surface area contributed by atoms with Gasteiger partial charge < -0.3 is 4.74 Å². The summed E-state index contributed by atoms with van der Waals surface area (Å²) in [5.74, 6) is 0.860. The van der Waals surface area contributed by atoms with Gasteiger partial charge >= 0.3 is 0 Å². The molecule has 4 atom stereocenters. The largest absolute Gasteiger partial charge is 0.485 e. The molecule has 1 saturated heterocycles. The Hall–Kier alpha value is -2.95. The van der Waals surface area contributed by atoms with Gasteiger partial charge in [-0.05, 0) is 62.3 Å². The topological polar surface area (TPSA) is 63.7 Å². The molecule has 3 fully saturated rings. The lowest BCUT2D eigenvalue weighted by Gasteiger charge is -2.19. The van der Waals surface area contributed by atoms with Crippen molar-refractivity contribution >= 4 is 23.3 Å². The lowest BCUT2D eigenvalue weighted by Crippen LogP contribution is -2.32. The van der Waals surface area contributed by atoms with E-state index in [-0.39, 0.29) is 36.0 Å². The van der Waals surface area contributed by atoms with Crippen LogP contribution in [0.4, 0.5) is 5.69 Å². The van der Waals surface area contributed by atoms with Crippen molar-refractivity contribution in [3.63, 3.8) is 0 Å². The second-order valence-electron chi connectivity index (χ2n) is 8.47. The van der Waals surface area contributed by atoms with Crippen LogP contribution in [-0.4, -0.2) is 24.2 Å². The fourth-order valence-corrected chi connectivity index (χ4v) is 5.33. The van der Waals surface area contributed by atoms with E-state index in [0.29, 0.717) is 28.8 Å². The second kappa shape index (κ2) is 6.83. The maximum Gasteiger partial charge on any atom is 0.237 e. The molecule has 29 heavy (non-hydrogen) atoms. The molecule has 148 valence electrons. The van der Waals surface area contributed by atoms with Gasteiger partial charge in [-0.3, -0.25) is 19.3 Å². The van der Waals surface area contributed by atoms with E-state index in [1.807, 2.05) is 19.1 Å². The number of aryl methyl sites for hydroxylation is 1. The van der Waals surface area contributed by atoms with E-state index in [1.165, 1.54) is 4.90 Å². The molecule has 2 aromatic carbocycles. The molecule has 0 aromatic heterocycles. The number of ether oxygens (including phenoxy) is 1. The van der Waals surface area contributed by atoms with Crippen LogP contribution in [0, 0.1) is 30.6 Å². The number of imide groups is 1. The molecule has 2 amide bonds. The smallest absolute Gasteiger partial charge is 0.237 e. The van der Waals surface area contributed by atoms with Gasteiger partial charge in [-0.25, -0.2) is 0 Å². The fourth-order valence-electron chi connectivity index (χ4n) is 5.33. The predicted octanol–water partition coefficient (Wildman–Crippen LogP) is 3.79. The Morgan fingerprint density at radius 2 is 1.52 bits per heavy atom. The third-order valence-electron chi connectivity index (χ3n) is 6.77. The molecule has 2 bridgehead atoms. The van der Waals surface area contributed by atoms with Crippen LogP contribution in [0.25, 0.3) is 0 Å². The first-order valence-electron chi connectivity index (χ1n) is 10.2. The summed E-state index contributed by atoms with van der Waals surface area (Å²) in [5.41, 5.74) is 2.30. The summed E-state index contributed by atoms with van der Waals surface area (Å²) in [6, 6.07) is 14.2. The SMILES string of the molecule is Cc1ccc(C(=O)COc2ccc(N3C(=O)[C@@H]4[C@H]5CC[C@@H](C5)[C@@H]4C3=O)cc2)cc1.